The summed E-state index contributed by atoms with van der Waals surface area (Å²) in [4.78, 5) is 16.3. The van der Waals surface area contributed by atoms with Crippen LogP contribution in [0, 0.1) is 0 Å². The van der Waals surface area contributed by atoms with Crippen LogP contribution in [-0.4, -0.2) is 32.6 Å². The molecule has 1 heterocycles. The van der Waals surface area contributed by atoms with Crippen LogP contribution < -0.4 is 25.8 Å². The van der Waals surface area contributed by atoms with Crippen molar-refractivity contribution in [3.63, 3.8) is 0 Å². The van der Waals surface area contributed by atoms with Crippen molar-refractivity contribution in [1.82, 2.24) is 5.32 Å². The third-order valence-electron chi connectivity index (χ3n) is 4.20. The third kappa shape index (κ3) is 5.03. The fourth-order valence-electron chi connectivity index (χ4n) is 2.82. The van der Waals surface area contributed by atoms with Crippen LogP contribution >= 0.6 is 24.0 Å². The number of nitrogens with two attached hydrogens (primary N) is 1. The van der Waals surface area contributed by atoms with E-state index in [2.05, 4.69) is 15.6 Å². The topological polar surface area (TPSA) is 98.0 Å². The van der Waals surface area contributed by atoms with E-state index in [0.29, 0.717) is 35.8 Å². The highest BCUT2D eigenvalue weighted by Crippen LogP contribution is 2.28. The van der Waals surface area contributed by atoms with Gasteiger partial charge in [-0.25, -0.2) is 4.99 Å². The predicted molar refractivity (Wildman–Crippen MR) is 116 cm³/mol. The largest absolute Gasteiger partial charge is 0.497 e. The van der Waals surface area contributed by atoms with Crippen LogP contribution in [-0.2, 0) is 13.0 Å². The molecule has 0 spiro atoms. The van der Waals surface area contributed by atoms with E-state index in [4.69, 9.17) is 15.2 Å². The first kappa shape index (κ1) is 20.8. The summed E-state index contributed by atoms with van der Waals surface area (Å²) in [5.74, 6) is 1.53. The molecule has 1 aliphatic rings. The van der Waals surface area contributed by atoms with Gasteiger partial charge in [-0.1, -0.05) is 12.1 Å². The SMILES string of the molecule is COc1ccc(OC)c(NC(N)=NCc2ccc3c(c2)C(=O)NCC3)c1.I. The lowest BCUT2D eigenvalue weighted by Crippen LogP contribution is -2.31. The summed E-state index contributed by atoms with van der Waals surface area (Å²) in [7, 11) is 3.17. The summed E-state index contributed by atoms with van der Waals surface area (Å²) in [6.07, 6.45) is 0.851. The molecule has 1 aliphatic heterocycles. The average Bonchev–Trinajstić information content (AvgIpc) is 2.66. The summed E-state index contributed by atoms with van der Waals surface area (Å²) in [5, 5.41) is 5.87. The molecule has 144 valence electrons. The van der Waals surface area contributed by atoms with Crippen molar-refractivity contribution < 1.29 is 14.3 Å². The number of benzene rings is 2. The van der Waals surface area contributed by atoms with Gasteiger partial charge in [0.05, 0.1) is 26.5 Å². The molecule has 0 radical (unpaired) electrons. The number of methoxy groups -OCH3 is 2. The first-order valence-electron chi connectivity index (χ1n) is 8.29. The van der Waals surface area contributed by atoms with Crippen molar-refractivity contribution in [2.45, 2.75) is 13.0 Å². The monoisotopic (exact) mass is 482 g/mol. The van der Waals surface area contributed by atoms with E-state index in [1.54, 1.807) is 32.4 Å². The van der Waals surface area contributed by atoms with Gasteiger partial charge in [0, 0.05) is 18.2 Å². The second kappa shape index (κ2) is 9.45. The molecule has 0 unspecified atom stereocenters. The number of hydrogen-bond donors (Lipinski definition) is 3. The van der Waals surface area contributed by atoms with Crippen LogP contribution in [0.25, 0.3) is 0 Å². The normalized spacial score (nSPS) is 13.1. The minimum absolute atomic E-state index is 0. The molecule has 0 aromatic heterocycles. The van der Waals surface area contributed by atoms with Gasteiger partial charge in [0.25, 0.3) is 5.91 Å². The van der Waals surface area contributed by atoms with Crippen LogP contribution in [0.5, 0.6) is 11.5 Å². The van der Waals surface area contributed by atoms with Gasteiger partial charge < -0.3 is 25.8 Å². The number of guanidine groups is 1. The van der Waals surface area contributed by atoms with E-state index < -0.39 is 0 Å². The van der Waals surface area contributed by atoms with Gasteiger partial charge in [0.2, 0.25) is 0 Å². The molecule has 1 amide bonds. The second-order valence-corrected chi connectivity index (χ2v) is 5.89. The number of halogens is 1. The second-order valence-electron chi connectivity index (χ2n) is 5.89. The Bertz CT molecular complexity index is 855. The molecule has 3 rings (SSSR count). The fraction of sp³-hybridized carbons (Fsp3) is 0.263. The molecule has 0 saturated carbocycles. The summed E-state index contributed by atoms with van der Waals surface area (Å²) in [6.45, 7) is 1.05. The van der Waals surface area contributed by atoms with Gasteiger partial charge >= 0.3 is 0 Å². The fourth-order valence-corrected chi connectivity index (χ4v) is 2.82. The third-order valence-corrected chi connectivity index (χ3v) is 4.20. The van der Waals surface area contributed by atoms with Gasteiger partial charge in [-0.15, -0.1) is 24.0 Å². The Morgan fingerprint density at radius 3 is 2.78 bits per heavy atom. The Labute approximate surface area is 175 Å². The number of anilines is 1. The Hall–Kier alpha value is -2.49. The van der Waals surface area contributed by atoms with Gasteiger partial charge in [-0.2, -0.15) is 0 Å². The van der Waals surface area contributed by atoms with Gasteiger partial charge in [-0.3, -0.25) is 4.79 Å². The molecule has 0 fully saturated rings. The lowest BCUT2D eigenvalue weighted by atomic mass is 9.98. The maximum Gasteiger partial charge on any atom is 0.251 e. The zero-order valence-corrected chi connectivity index (χ0v) is 17.6. The van der Waals surface area contributed by atoms with Crippen molar-refractivity contribution in [2.75, 3.05) is 26.1 Å². The van der Waals surface area contributed by atoms with Crippen molar-refractivity contribution >= 4 is 41.5 Å². The van der Waals surface area contributed by atoms with Gasteiger partial charge in [-0.05, 0) is 35.7 Å². The number of carbonyl (C=O) groups excluding carboxylic acids is 1. The number of nitrogens with zero attached hydrogens (tertiary/aromatic N) is 1. The number of nitrogens with one attached hydrogen (secondary N) is 2. The van der Waals surface area contributed by atoms with Gasteiger partial charge in [0.1, 0.15) is 11.5 Å². The Morgan fingerprint density at radius 2 is 2.04 bits per heavy atom. The van der Waals surface area contributed by atoms with E-state index in [0.717, 1.165) is 17.5 Å². The van der Waals surface area contributed by atoms with Gasteiger partial charge in [0.15, 0.2) is 5.96 Å². The van der Waals surface area contributed by atoms with E-state index in [1.807, 2.05) is 18.2 Å². The van der Waals surface area contributed by atoms with Crippen molar-refractivity contribution in [3.8, 4) is 11.5 Å². The lowest BCUT2D eigenvalue weighted by Gasteiger charge is -2.17. The number of amides is 1. The number of fused-ring (bicyclic) bond motifs is 1. The molecule has 27 heavy (non-hydrogen) atoms. The van der Waals surface area contributed by atoms with Crippen LogP contribution in [0.1, 0.15) is 21.5 Å². The number of carbonyl (C=O) groups is 1. The molecule has 4 N–H and O–H groups in total. The molecular formula is C19H23IN4O3. The highest BCUT2D eigenvalue weighted by atomic mass is 127. The highest BCUT2D eigenvalue weighted by Gasteiger charge is 2.16. The van der Waals surface area contributed by atoms with E-state index in [9.17, 15) is 4.79 Å². The minimum atomic E-state index is -0.0377. The van der Waals surface area contributed by atoms with Crippen LogP contribution in [0.4, 0.5) is 5.69 Å². The first-order valence-corrected chi connectivity index (χ1v) is 8.29. The van der Waals surface area contributed by atoms with E-state index in [-0.39, 0.29) is 35.8 Å². The average molecular weight is 482 g/mol. The molecule has 7 nitrogen and oxygen atoms in total. The van der Waals surface area contributed by atoms with Crippen molar-refractivity contribution in [2.24, 2.45) is 10.7 Å². The number of rotatable bonds is 5. The maximum absolute atomic E-state index is 11.9. The molecule has 0 bridgehead atoms. The molecule has 2 aromatic rings. The molecule has 0 saturated heterocycles. The summed E-state index contributed by atoms with van der Waals surface area (Å²) >= 11 is 0. The molecule has 2 aromatic carbocycles. The van der Waals surface area contributed by atoms with Crippen molar-refractivity contribution in [3.05, 3.63) is 53.1 Å². The molecule has 0 aliphatic carbocycles. The Kier molecular flexibility index (Phi) is 7.28. The quantitative estimate of drug-likeness (QED) is 0.346. The van der Waals surface area contributed by atoms with Crippen LogP contribution in [0.3, 0.4) is 0 Å². The summed E-state index contributed by atoms with van der Waals surface area (Å²) < 4.78 is 10.5. The van der Waals surface area contributed by atoms with Crippen LogP contribution in [0.15, 0.2) is 41.4 Å². The predicted octanol–water partition coefficient (Wildman–Crippen LogP) is 2.53. The number of aliphatic imine (C=N–C) groups is 1. The molecule has 0 atom stereocenters. The Balaban J connectivity index is 0.00000261. The maximum atomic E-state index is 11.9. The first-order chi connectivity index (χ1) is 12.6. The number of ether oxygens (including phenoxy) is 2. The highest BCUT2D eigenvalue weighted by molar-refractivity contribution is 14.0. The smallest absolute Gasteiger partial charge is 0.251 e. The zero-order valence-electron chi connectivity index (χ0n) is 15.2. The molecule has 8 heteroatoms. The van der Waals surface area contributed by atoms with Crippen molar-refractivity contribution in [1.29, 1.82) is 0 Å². The Morgan fingerprint density at radius 1 is 1.22 bits per heavy atom. The number of hydrogen-bond acceptors (Lipinski definition) is 4. The minimum Gasteiger partial charge on any atom is -0.497 e. The standard InChI is InChI=1S/C19H22N4O3.HI/c1-25-14-5-6-17(26-2)16(10-14)23-19(20)22-11-12-3-4-13-7-8-21-18(24)15(13)9-12;/h3-6,9-10H,7-8,11H2,1-2H3,(H,21,24)(H3,20,22,23);1H. The summed E-state index contributed by atoms with van der Waals surface area (Å²) in [6, 6.07) is 11.2. The molecular weight excluding hydrogens is 459 g/mol. The summed E-state index contributed by atoms with van der Waals surface area (Å²) in [5.41, 5.74) is 9.36. The van der Waals surface area contributed by atoms with Crippen LogP contribution in [0.2, 0.25) is 0 Å². The lowest BCUT2D eigenvalue weighted by molar-refractivity contribution is 0.0946. The van der Waals surface area contributed by atoms with E-state index >= 15 is 0 Å². The van der Waals surface area contributed by atoms with E-state index in [1.165, 1.54) is 0 Å². The zero-order chi connectivity index (χ0) is 18.5.